The Hall–Kier alpha value is -0.870. The number of ether oxygens (including phenoxy) is 1. The normalized spacial score (nSPS) is 16.1. The molecule has 1 aromatic carbocycles. The van der Waals surface area contributed by atoms with Crippen molar-refractivity contribution in [3.63, 3.8) is 0 Å². The highest BCUT2D eigenvalue weighted by Gasteiger charge is 2.26. The van der Waals surface area contributed by atoms with Crippen molar-refractivity contribution in [3.8, 4) is 0 Å². The van der Waals surface area contributed by atoms with Crippen molar-refractivity contribution in [1.29, 1.82) is 0 Å². The summed E-state index contributed by atoms with van der Waals surface area (Å²) in [6, 6.07) is 9.94. The van der Waals surface area contributed by atoms with Crippen LogP contribution in [-0.4, -0.2) is 35.8 Å². The van der Waals surface area contributed by atoms with Gasteiger partial charge in [-0.3, -0.25) is 4.79 Å². The van der Waals surface area contributed by atoms with Gasteiger partial charge in [0.25, 0.3) is 0 Å². The van der Waals surface area contributed by atoms with Crippen molar-refractivity contribution in [2.24, 2.45) is 0 Å². The standard InChI is InChI=1S/C14H20BrNO2/c1-10(15)14(17)18-13(11(2)16(3)4)12-8-6-5-7-9-12/h5-11,13H,1-4H3/t10-,11-,13?/m0/s1. The molecule has 1 rings (SSSR count). The van der Waals surface area contributed by atoms with Crippen LogP contribution in [0.5, 0.6) is 0 Å². The molecule has 1 aromatic rings. The monoisotopic (exact) mass is 313 g/mol. The molecule has 0 aliphatic heterocycles. The first-order valence-electron chi connectivity index (χ1n) is 5.99. The average Bonchev–Trinajstić information content (AvgIpc) is 2.35. The lowest BCUT2D eigenvalue weighted by molar-refractivity contribution is -0.151. The number of hydrogen-bond acceptors (Lipinski definition) is 3. The molecule has 0 amide bonds. The van der Waals surface area contributed by atoms with Crippen LogP contribution >= 0.6 is 15.9 Å². The molecule has 0 N–H and O–H groups in total. The zero-order valence-corrected chi connectivity index (χ0v) is 12.8. The summed E-state index contributed by atoms with van der Waals surface area (Å²) in [6.07, 6.45) is -0.256. The average molecular weight is 314 g/mol. The van der Waals surface area contributed by atoms with Gasteiger partial charge in [-0.05, 0) is 33.5 Å². The third kappa shape index (κ3) is 4.10. The molecule has 1 unspecified atom stereocenters. The number of rotatable bonds is 5. The van der Waals surface area contributed by atoms with Crippen LogP contribution in [0.25, 0.3) is 0 Å². The van der Waals surface area contributed by atoms with Gasteiger partial charge in [-0.2, -0.15) is 0 Å². The lowest BCUT2D eigenvalue weighted by Crippen LogP contribution is -2.34. The maximum absolute atomic E-state index is 11.8. The Morgan fingerprint density at radius 3 is 2.22 bits per heavy atom. The maximum atomic E-state index is 11.8. The number of carbonyl (C=O) groups excluding carboxylic acids is 1. The Morgan fingerprint density at radius 2 is 1.78 bits per heavy atom. The van der Waals surface area contributed by atoms with E-state index in [-0.39, 0.29) is 22.9 Å². The van der Waals surface area contributed by atoms with Gasteiger partial charge in [0.05, 0.1) is 0 Å². The summed E-state index contributed by atoms with van der Waals surface area (Å²) in [4.78, 5) is 13.5. The SMILES string of the molecule is C[C@H](Br)C(=O)OC(c1ccccc1)[C@H](C)N(C)C. The van der Waals surface area contributed by atoms with Crippen LogP contribution in [0.2, 0.25) is 0 Å². The van der Waals surface area contributed by atoms with E-state index in [0.717, 1.165) is 5.56 Å². The second-order valence-electron chi connectivity index (χ2n) is 4.59. The number of halogens is 1. The summed E-state index contributed by atoms with van der Waals surface area (Å²) < 4.78 is 5.59. The number of carbonyl (C=O) groups is 1. The van der Waals surface area contributed by atoms with Crippen LogP contribution in [0.4, 0.5) is 0 Å². The number of esters is 1. The van der Waals surface area contributed by atoms with Crippen LogP contribution in [0, 0.1) is 0 Å². The molecule has 0 radical (unpaired) electrons. The molecular formula is C14H20BrNO2. The van der Waals surface area contributed by atoms with E-state index < -0.39 is 0 Å². The van der Waals surface area contributed by atoms with E-state index in [2.05, 4.69) is 15.9 Å². The molecule has 3 atom stereocenters. The van der Waals surface area contributed by atoms with Gasteiger partial charge in [0.1, 0.15) is 10.9 Å². The van der Waals surface area contributed by atoms with E-state index in [1.165, 1.54) is 0 Å². The number of hydrogen-bond donors (Lipinski definition) is 0. The van der Waals surface area contributed by atoms with E-state index >= 15 is 0 Å². The van der Waals surface area contributed by atoms with E-state index in [1.54, 1.807) is 6.92 Å². The van der Waals surface area contributed by atoms with E-state index in [0.29, 0.717) is 0 Å². The van der Waals surface area contributed by atoms with E-state index in [4.69, 9.17) is 4.74 Å². The highest BCUT2D eigenvalue weighted by Crippen LogP contribution is 2.25. The highest BCUT2D eigenvalue weighted by atomic mass is 79.9. The van der Waals surface area contributed by atoms with Gasteiger partial charge in [-0.25, -0.2) is 0 Å². The van der Waals surface area contributed by atoms with Crippen LogP contribution in [0.15, 0.2) is 30.3 Å². The molecule has 0 saturated heterocycles. The minimum Gasteiger partial charge on any atom is -0.455 e. The fourth-order valence-corrected chi connectivity index (χ4v) is 1.69. The van der Waals surface area contributed by atoms with Gasteiger partial charge in [-0.1, -0.05) is 46.3 Å². The first-order chi connectivity index (χ1) is 8.43. The van der Waals surface area contributed by atoms with Gasteiger partial charge in [0.2, 0.25) is 0 Å². The zero-order chi connectivity index (χ0) is 13.7. The molecule has 0 aliphatic rings. The van der Waals surface area contributed by atoms with E-state index in [9.17, 15) is 4.79 Å². The fourth-order valence-electron chi connectivity index (χ4n) is 1.58. The summed E-state index contributed by atoms with van der Waals surface area (Å²) >= 11 is 3.24. The number of likely N-dealkylation sites (N-methyl/N-ethyl adjacent to an activating group) is 1. The van der Waals surface area contributed by atoms with Crippen LogP contribution < -0.4 is 0 Å². The Balaban J connectivity index is 2.93. The molecule has 0 fully saturated rings. The largest absolute Gasteiger partial charge is 0.455 e. The summed E-state index contributed by atoms with van der Waals surface area (Å²) in [6.45, 7) is 3.81. The van der Waals surface area contributed by atoms with Crippen LogP contribution in [-0.2, 0) is 9.53 Å². The van der Waals surface area contributed by atoms with Crippen molar-refractivity contribution in [3.05, 3.63) is 35.9 Å². The van der Waals surface area contributed by atoms with Gasteiger partial charge < -0.3 is 9.64 Å². The first kappa shape index (κ1) is 15.2. The minimum atomic E-state index is -0.293. The summed E-state index contributed by atoms with van der Waals surface area (Å²) in [5.74, 6) is -0.238. The number of alkyl halides is 1. The summed E-state index contributed by atoms with van der Waals surface area (Å²) in [7, 11) is 3.96. The second kappa shape index (κ2) is 6.90. The Morgan fingerprint density at radius 1 is 1.22 bits per heavy atom. The van der Waals surface area contributed by atoms with Gasteiger partial charge in [0.15, 0.2) is 0 Å². The summed E-state index contributed by atoms with van der Waals surface area (Å²) in [5, 5.41) is 0. The highest BCUT2D eigenvalue weighted by molar-refractivity contribution is 9.10. The van der Waals surface area contributed by atoms with Crippen LogP contribution in [0.1, 0.15) is 25.5 Å². The summed E-state index contributed by atoms with van der Waals surface area (Å²) in [5.41, 5.74) is 1.01. The first-order valence-corrected chi connectivity index (χ1v) is 6.91. The second-order valence-corrected chi connectivity index (χ2v) is 5.96. The van der Waals surface area contributed by atoms with Gasteiger partial charge >= 0.3 is 5.97 Å². The van der Waals surface area contributed by atoms with Crippen molar-refractivity contribution in [2.45, 2.75) is 30.8 Å². The minimum absolute atomic E-state index is 0.114. The molecule has 0 heterocycles. The quantitative estimate of drug-likeness (QED) is 0.618. The smallest absolute Gasteiger partial charge is 0.320 e. The topological polar surface area (TPSA) is 29.5 Å². The molecule has 4 heteroatoms. The van der Waals surface area contributed by atoms with Gasteiger partial charge in [0, 0.05) is 6.04 Å². The molecular weight excluding hydrogens is 294 g/mol. The molecule has 0 saturated carbocycles. The van der Waals surface area contributed by atoms with Crippen LogP contribution in [0.3, 0.4) is 0 Å². The van der Waals surface area contributed by atoms with Gasteiger partial charge in [-0.15, -0.1) is 0 Å². The number of nitrogens with zero attached hydrogens (tertiary/aromatic N) is 1. The molecule has 18 heavy (non-hydrogen) atoms. The predicted molar refractivity (Wildman–Crippen MR) is 76.8 cm³/mol. The molecule has 100 valence electrons. The molecule has 3 nitrogen and oxygen atoms in total. The Bertz CT molecular complexity index is 379. The lowest BCUT2D eigenvalue weighted by Gasteiger charge is -2.29. The number of benzene rings is 1. The molecule has 0 aliphatic carbocycles. The molecule has 0 aromatic heterocycles. The maximum Gasteiger partial charge on any atom is 0.320 e. The molecule has 0 bridgehead atoms. The van der Waals surface area contributed by atoms with Crippen molar-refractivity contribution in [1.82, 2.24) is 4.90 Å². The fraction of sp³-hybridized carbons (Fsp3) is 0.500. The van der Waals surface area contributed by atoms with E-state index in [1.807, 2.05) is 56.3 Å². The predicted octanol–water partition coefficient (Wildman–Crippen LogP) is 3.00. The van der Waals surface area contributed by atoms with Crippen molar-refractivity contribution >= 4 is 21.9 Å². The zero-order valence-electron chi connectivity index (χ0n) is 11.3. The molecule has 0 spiro atoms. The third-order valence-electron chi connectivity index (χ3n) is 2.95. The third-order valence-corrected chi connectivity index (χ3v) is 3.32. The lowest BCUT2D eigenvalue weighted by atomic mass is 10.0. The Kier molecular flexibility index (Phi) is 5.82. The van der Waals surface area contributed by atoms with Crippen molar-refractivity contribution in [2.75, 3.05) is 14.1 Å². The van der Waals surface area contributed by atoms with Crippen molar-refractivity contribution < 1.29 is 9.53 Å². The Labute approximate surface area is 117 Å².